The minimum atomic E-state index is 0.0426. The van der Waals surface area contributed by atoms with Crippen LogP contribution in [-0.4, -0.2) is 38.3 Å². The smallest absolute Gasteiger partial charge is 0.174 e. The average molecular weight is 402 g/mol. The van der Waals surface area contributed by atoms with Crippen LogP contribution in [0.4, 0.5) is 0 Å². The van der Waals surface area contributed by atoms with E-state index >= 15 is 0 Å². The first-order valence-corrected chi connectivity index (χ1v) is 10.6. The van der Waals surface area contributed by atoms with Gasteiger partial charge in [0.05, 0.1) is 14.2 Å². The van der Waals surface area contributed by atoms with Crippen molar-refractivity contribution in [2.24, 2.45) is 0 Å². The Morgan fingerprint density at radius 1 is 0.967 bits per heavy atom. The number of hydrogen-bond acceptors (Lipinski definition) is 5. The molecule has 0 saturated carbocycles. The van der Waals surface area contributed by atoms with E-state index in [2.05, 4.69) is 35.2 Å². The van der Waals surface area contributed by atoms with E-state index in [1.165, 1.54) is 47.7 Å². The minimum absolute atomic E-state index is 0.0426. The summed E-state index contributed by atoms with van der Waals surface area (Å²) in [6.45, 7) is 2.21. The topological polar surface area (TPSA) is 54.7 Å². The Bertz CT molecular complexity index is 1160. The van der Waals surface area contributed by atoms with Crippen molar-refractivity contribution in [1.29, 1.82) is 5.26 Å². The standard InChI is InChI=1S/C25H26N2O3/c1-28-24-13-21-19-11-16-5-3-4-9-27(16)15-23(19)18-7-6-17(30-10-8-26)12-20(18)22(21)14-25(24)29-2/h6-7,12-14,16H,3-5,9-11,15H2,1-2H3/t16-/m1/s1. The maximum Gasteiger partial charge on any atom is 0.174 e. The zero-order chi connectivity index (χ0) is 20.7. The molecule has 1 saturated heterocycles. The molecular weight excluding hydrogens is 376 g/mol. The Labute approximate surface area is 176 Å². The van der Waals surface area contributed by atoms with E-state index in [1.54, 1.807) is 14.2 Å². The predicted molar refractivity (Wildman–Crippen MR) is 117 cm³/mol. The van der Waals surface area contributed by atoms with Crippen LogP contribution in [0, 0.1) is 11.3 Å². The van der Waals surface area contributed by atoms with Crippen molar-refractivity contribution in [3.8, 4) is 23.3 Å². The highest BCUT2D eigenvalue weighted by atomic mass is 16.5. The van der Waals surface area contributed by atoms with Gasteiger partial charge in [-0.15, -0.1) is 0 Å². The largest absolute Gasteiger partial charge is 0.493 e. The first-order chi connectivity index (χ1) is 14.7. The second-order valence-electron chi connectivity index (χ2n) is 8.19. The monoisotopic (exact) mass is 402 g/mol. The number of hydrogen-bond donors (Lipinski definition) is 0. The summed E-state index contributed by atoms with van der Waals surface area (Å²) < 4.78 is 16.9. The van der Waals surface area contributed by atoms with Gasteiger partial charge in [-0.1, -0.05) is 12.5 Å². The number of ether oxygens (including phenoxy) is 3. The molecule has 0 aromatic heterocycles. The molecule has 2 aliphatic heterocycles. The van der Waals surface area contributed by atoms with Gasteiger partial charge >= 0.3 is 0 Å². The molecule has 0 unspecified atom stereocenters. The van der Waals surface area contributed by atoms with Gasteiger partial charge in [0.15, 0.2) is 18.1 Å². The van der Waals surface area contributed by atoms with Crippen LogP contribution in [0.5, 0.6) is 17.2 Å². The van der Waals surface area contributed by atoms with E-state index in [0.29, 0.717) is 11.8 Å². The molecule has 2 aliphatic rings. The molecule has 5 rings (SSSR count). The van der Waals surface area contributed by atoms with Crippen molar-refractivity contribution in [3.05, 3.63) is 41.5 Å². The molecule has 0 spiro atoms. The molecule has 1 atom stereocenters. The summed E-state index contributed by atoms with van der Waals surface area (Å²) in [5, 5.41) is 13.7. The molecule has 30 heavy (non-hydrogen) atoms. The van der Waals surface area contributed by atoms with Crippen LogP contribution in [0.1, 0.15) is 30.4 Å². The molecular formula is C25H26N2O3. The zero-order valence-corrected chi connectivity index (χ0v) is 17.5. The molecule has 154 valence electrons. The maximum absolute atomic E-state index is 8.90. The summed E-state index contributed by atoms with van der Waals surface area (Å²) in [5.74, 6) is 2.20. The molecule has 1 fully saturated rings. The highest BCUT2D eigenvalue weighted by Gasteiger charge is 2.31. The van der Waals surface area contributed by atoms with Crippen molar-refractivity contribution in [2.45, 2.75) is 38.3 Å². The quantitative estimate of drug-likeness (QED) is 0.586. The second kappa shape index (κ2) is 7.70. The third-order valence-corrected chi connectivity index (χ3v) is 6.67. The Morgan fingerprint density at radius 2 is 1.73 bits per heavy atom. The average Bonchev–Trinajstić information content (AvgIpc) is 2.80. The van der Waals surface area contributed by atoms with Crippen molar-refractivity contribution in [1.82, 2.24) is 4.90 Å². The van der Waals surface area contributed by atoms with E-state index in [9.17, 15) is 0 Å². The van der Waals surface area contributed by atoms with Crippen molar-refractivity contribution < 1.29 is 14.2 Å². The molecule has 0 N–H and O–H groups in total. The lowest BCUT2D eigenvalue weighted by Crippen LogP contribution is -2.43. The Morgan fingerprint density at radius 3 is 2.50 bits per heavy atom. The van der Waals surface area contributed by atoms with Gasteiger partial charge in [-0.25, -0.2) is 0 Å². The Hall–Kier alpha value is -2.97. The van der Waals surface area contributed by atoms with Crippen LogP contribution >= 0.6 is 0 Å². The molecule has 0 bridgehead atoms. The molecule has 3 aromatic carbocycles. The summed E-state index contributed by atoms with van der Waals surface area (Å²) in [7, 11) is 3.36. The lowest BCUT2D eigenvalue weighted by molar-refractivity contribution is 0.128. The fraction of sp³-hybridized carbons (Fsp3) is 0.400. The predicted octanol–water partition coefficient (Wildman–Crippen LogP) is 4.82. The van der Waals surface area contributed by atoms with Gasteiger partial charge in [0, 0.05) is 12.6 Å². The molecule has 0 radical (unpaired) electrons. The summed E-state index contributed by atoms with van der Waals surface area (Å²) in [5.41, 5.74) is 2.85. The zero-order valence-electron chi connectivity index (χ0n) is 17.5. The molecule has 5 heteroatoms. The number of benzene rings is 3. The van der Waals surface area contributed by atoms with E-state index in [4.69, 9.17) is 19.5 Å². The fourth-order valence-corrected chi connectivity index (χ4v) is 5.24. The van der Waals surface area contributed by atoms with Gasteiger partial charge < -0.3 is 14.2 Å². The van der Waals surface area contributed by atoms with Crippen LogP contribution in [-0.2, 0) is 13.0 Å². The number of fused-ring (bicyclic) bond motifs is 7. The lowest BCUT2D eigenvalue weighted by atomic mass is 9.82. The van der Waals surface area contributed by atoms with Crippen LogP contribution in [0.25, 0.3) is 21.5 Å². The normalized spacial score (nSPS) is 18.5. The van der Waals surface area contributed by atoms with Gasteiger partial charge in [-0.2, -0.15) is 5.26 Å². The molecule has 0 aliphatic carbocycles. The summed E-state index contributed by atoms with van der Waals surface area (Å²) >= 11 is 0. The van der Waals surface area contributed by atoms with E-state index in [-0.39, 0.29) is 6.61 Å². The van der Waals surface area contributed by atoms with Crippen LogP contribution in [0.15, 0.2) is 30.3 Å². The summed E-state index contributed by atoms with van der Waals surface area (Å²) in [6.07, 6.45) is 4.95. The highest BCUT2D eigenvalue weighted by Crippen LogP contribution is 2.44. The number of methoxy groups -OCH3 is 2. The first-order valence-electron chi connectivity index (χ1n) is 10.6. The van der Waals surface area contributed by atoms with Gasteiger partial charge in [-0.3, -0.25) is 4.90 Å². The fourth-order valence-electron chi connectivity index (χ4n) is 5.24. The molecule has 2 heterocycles. The second-order valence-corrected chi connectivity index (χ2v) is 8.19. The van der Waals surface area contributed by atoms with Crippen LogP contribution in [0.3, 0.4) is 0 Å². The number of rotatable bonds is 4. The number of piperidine rings is 1. The third kappa shape index (κ3) is 3.03. The summed E-state index contributed by atoms with van der Waals surface area (Å²) in [4.78, 5) is 2.65. The first kappa shape index (κ1) is 19.0. The molecule has 3 aromatic rings. The van der Waals surface area contributed by atoms with E-state index in [0.717, 1.165) is 35.2 Å². The van der Waals surface area contributed by atoms with Crippen LogP contribution in [0.2, 0.25) is 0 Å². The summed E-state index contributed by atoms with van der Waals surface area (Å²) in [6, 6.07) is 13.1. The van der Waals surface area contributed by atoms with Gasteiger partial charge in [-0.05, 0) is 82.7 Å². The van der Waals surface area contributed by atoms with E-state index < -0.39 is 0 Å². The Kier molecular flexibility index (Phi) is 4.88. The Balaban J connectivity index is 1.80. The highest BCUT2D eigenvalue weighted by molar-refractivity contribution is 6.12. The minimum Gasteiger partial charge on any atom is -0.493 e. The van der Waals surface area contributed by atoms with Gasteiger partial charge in [0.25, 0.3) is 0 Å². The lowest BCUT2D eigenvalue weighted by Gasteiger charge is -2.41. The van der Waals surface area contributed by atoms with Crippen molar-refractivity contribution >= 4 is 21.5 Å². The SMILES string of the molecule is COc1cc2c3c(c4ccc(OCC#N)cc4c2cc1OC)CN1CCCC[C@@H]1C3. The van der Waals surface area contributed by atoms with Gasteiger partial charge in [0.2, 0.25) is 0 Å². The van der Waals surface area contributed by atoms with Crippen molar-refractivity contribution in [3.63, 3.8) is 0 Å². The van der Waals surface area contributed by atoms with E-state index in [1.807, 2.05) is 6.07 Å². The molecule has 5 nitrogen and oxygen atoms in total. The maximum atomic E-state index is 8.90. The van der Waals surface area contributed by atoms with Gasteiger partial charge in [0.1, 0.15) is 11.8 Å². The van der Waals surface area contributed by atoms with Crippen LogP contribution < -0.4 is 14.2 Å². The molecule has 0 amide bonds. The number of nitriles is 1. The number of nitrogens with zero attached hydrogens (tertiary/aromatic N) is 2. The van der Waals surface area contributed by atoms with Crippen molar-refractivity contribution in [2.75, 3.05) is 27.4 Å². The third-order valence-electron chi connectivity index (χ3n) is 6.67.